The third-order valence-electron chi connectivity index (χ3n) is 3.51. The van der Waals surface area contributed by atoms with Crippen LogP contribution < -0.4 is 10.6 Å². The normalized spacial score (nSPS) is 10.9. The van der Waals surface area contributed by atoms with E-state index < -0.39 is 0 Å². The molecule has 2 rings (SSSR count). The van der Waals surface area contributed by atoms with Crippen LogP contribution in [0.25, 0.3) is 11.0 Å². The third-order valence-corrected chi connectivity index (χ3v) is 3.51. The maximum atomic E-state index is 12.7. The van der Waals surface area contributed by atoms with Crippen molar-refractivity contribution in [2.75, 3.05) is 18.6 Å². The SMILES string of the molecule is CCCCN(C)n1c(=O)c(CCC)cc2cccnc21. The first kappa shape index (κ1) is 14.6. The molecular formula is C16H23N3O. The highest BCUT2D eigenvalue weighted by molar-refractivity contribution is 5.75. The van der Waals surface area contributed by atoms with Gasteiger partial charge in [-0.3, -0.25) is 4.79 Å². The van der Waals surface area contributed by atoms with Crippen molar-refractivity contribution < 1.29 is 0 Å². The molecule has 0 aromatic carbocycles. The molecular weight excluding hydrogens is 250 g/mol. The molecule has 108 valence electrons. The van der Waals surface area contributed by atoms with Crippen LogP contribution in [0, 0.1) is 0 Å². The minimum atomic E-state index is 0.0663. The molecule has 0 amide bonds. The van der Waals surface area contributed by atoms with E-state index in [0.29, 0.717) is 0 Å². The Morgan fingerprint density at radius 1 is 1.30 bits per heavy atom. The van der Waals surface area contributed by atoms with Gasteiger partial charge >= 0.3 is 0 Å². The number of pyridine rings is 2. The average Bonchev–Trinajstić information content (AvgIpc) is 2.46. The van der Waals surface area contributed by atoms with E-state index >= 15 is 0 Å². The summed E-state index contributed by atoms with van der Waals surface area (Å²) < 4.78 is 1.73. The van der Waals surface area contributed by atoms with Gasteiger partial charge in [0.1, 0.15) is 0 Å². The first-order valence-corrected chi connectivity index (χ1v) is 7.40. The van der Waals surface area contributed by atoms with Crippen LogP contribution in [0.4, 0.5) is 0 Å². The zero-order chi connectivity index (χ0) is 14.5. The van der Waals surface area contributed by atoms with Crippen molar-refractivity contribution >= 4 is 11.0 Å². The predicted octanol–water partition coefficient (Wildman–Crippen LogP) is 2.72. The summed E-state index contributed by atoms with van der Waals surface area (Å²) in [5, 5.41) is 3.01. The van der Waals surface area contributed by atoms with Crippen molar-refractivity contribution in [3.05, 3.63) is 40.3 Å². The molecule has 0 aliphatic rings. The molecule has 0 bridgehead atoms. The molecule has 2 aromatic rings. The lowest BCUT2D eigenvalue weighted by molar-refractivity contribution is 0.607. The van der Waals surface area contributed by atoms with E-state index in [0.717, 1.165) is 48.8 Å². The van der Waals surface area contributed by atoms with Crippen LogP contribution in [0.5, 0.6) is 0 Å². The molecule has 4 heteroatoms. The molecule has 0 saturated carbocycles. The molecule has 0 fully saturated rings. The standard InChI is InChI=1S/C16H23N3O/c1-4-6-11-18(3)19-15-13(9-7-10-17-15)12-14(8-5-2)16(19)20/h7,9-10,12H,4-6,8,11H2,1-3H3. The van der Waals surface area contributed by atoms with E-state index in [1.807, 2.05) is 30.3 Å². The van der Waals surface area contributed by atoms with Crippen LogP contribution in [0.1, 0.15) is 38.7 Å². The van der Waals surface area contributed by atoms with Crippen molar-refractivity contribution in [3.8, 4) is 0 Å². The average molecular weight is 273 g/mol. The Kier molecular flexibility index (Phi) is 4.77. The fourth-order valence-electron chi connectivity index (χ4n) is 2.43. The highest BCUT2D eigenvalue weighted by Gasteiger charge is 2.12. The quantitative estimate of drug-likeness (QED) is 0.812. The second-order valence-electron chi connectivity index (χ2n) is 5.19. The summed E-state index contributed by atoms with van der Waals surface area (Å²) in [5.74, 6) is 0. The Morgan fingerprint density at radius 3 is 2.80 bits per heavy atom. The lowest BCUT2D eigenvalue weighted by atomic mass is 10.1. The van der Waals surface area contributed by atoms with Crippen LogP contribution >= 0.6 is 0 Å². The summed E-state index contributed by atoms with van der Waals surface area (Å²) in [4.78, 5) is 17.1. The zero-order valence-electron chi connectivity index (χ0n) is 12.6. The number of hydrogen-bond donors (Lipinski definition) is 0. The van der Waals surface area contributed by atoms with Crippen molar-refractivity contribution in [2.45, 2.75) is 39.5 Å². The van der Waals surface area contributed by atoms with Crippen molar-refractivity contribution in [3.63, 3.8) is 0 Å². The number of aryl methyl sites for hydroxylation is 1. The van der Waals surface area contributed by atoms with Gasteiger partial charge in [0.05, 0.1) is 0 Å². The van der Waals surface area contributed by atoms with Gasteiger partial charge in [-0.15, -0.1) is 0 Å². The van der Waals surface area contributed by atoms with Crippen molar-refractivity contribution in [1.29, 1.82) is 0 Å². The van der Waals surface area contributed by atoms with Gasteiger partial charge < -0.3 is 5.01 Å². The van der Waals surface area contributed by atoms with Crippen LogP contribution in [0.3, 0.4) is 0 Å². The lowest BCUT2D eigenvalue weighted by Gasteiger charge is -2.23. The highest BCUT2D eigenvalue weighted by Crippen LogP contribution is 2.12. The molecule has 0 radical (unpaired) electrons. The summed E-state index contributed by atoms with van der Waals surface area (Å²) in [6.07, 6.45) is 5.70. The summed E-state index contributed by atoms with van der Waals surface area (Å²) >= 11 is 0. The fourth-order valence-corrected chi connectivity index (χ4v) is 2.43. The second-order valence-corrected chi connectivity index (χ2v) is 5.19. The van der Waals surface area contributed by atoms with Gasteiger partial charge in [-0.05, 0) is 31.0 Å². The number of unbranched alkanes of at least 4 members (excludes halogenated alkanes) is 1. The predicted molar refractivity (Wildman–Crippen MR) is 83.9 cm³/mol. The molecule has 0 atom stereocenters. The summed E-state index contributed by atoms with van der Waals surface area (Å²) in [6.45, 7) is 5.11. The maximum Gasteiger partial charge on any atom is 0.274 e. The molecule has 20 heavy (non-hydrogen) atoms. The Bertz CT molecular complexity index is 633. The van der Waals surface area contributed by atoms with Gasteiger partial charge in [-0.25, -0.2) is 9.66 Å². The van der Waals surface area contributed by atoms with E-state index in [4.69, 9.17) is 0 Å². The van der Waals surface area contributed by atoms with Crippen molar-refractivity contribution in [2.24, 2.45) is 0 Å². The molecule has 2 heterocycles. The molecule has 0 N–H and O–H groups in total. The molecule has 0 aliphatic heterocycles. The number of hydrogen-bond acceptors (Lipinski definition) is 3. The Hall–Kier alpha value is -1.84. The van der Waals surface area contributed by atoms with Crippen LogP contribution in [0.2, 0.25) is 0 Å². The summed E-state index contributed by atoms with van der Waals surface area (Å²) in [7, 11) is 1.96. The second kappa shape index (κ2) is 6.55. The van der Waals surface area contributed by atoms with Gasteiger partial charge in [0, 0.05) is 30.7 Å². The summed E-state index contributed by atoms with van der Waals surface area (Å²) in [5.41, 5.74) is 1.68. The van der Waals surface area contributed by atoms with Gasteiger partial charge in [-0.2, -0.15) is 0 Å². The number of rotatable bonds is 6. The highest BCUT2D eigenvalue weighted by atomic mass is 16.1. The monoisotopic (exact) mass is 273 g/mol. The van der Waals surface area contributed by atoms with Crippen LogP contribution in [0.15, 0.2) is 29.2 Å². The molecule has 0 unspecified atom stereocenters. The molecule has 0 aliphatic carbocycles. The minimum Gasteiger partial charge on any atom is -0.311 e. The van der Waals surface area contributed by atoms with Crippen LogP contribution in [-0.2, 0) is 6.42 Å². The van der Waals surface area contributed by atoms with Gasteiger partial charge in [0.2, 0.25) is 0 Å². The first-order chi connectivity index (χ1) is 9.69. The Labute approximate surface area is 120 Å². The van der Waals surface area contributed by atoms with Crippen molar-refractivity contribution in [1.82, 2.24) is 9.66 Å². The number of fused-ring (bicyclic) bond motifs is 1. The van der Waals surface area contributed by atoms with E-state index in [1.54, 1.807) is 10.9 Å². The number of nitrogens with zero attached hydrogens (tertiary/aromatic N) is 3. The number of aromatic nitrogens is 2. The van der Waals surface area contributed by atoms with E-state index in [1.165, 1.54) is 0 Å². The fraction of sp³-hybridized carbons (Fsp3) is 0.500. The Morgan fingerprint density at radius 2 is 2.10 bits per heavy atom. The van der Waals surface area contributed by atoms with Gasteiger partial charge in [0.15, 0.2) is 5.65 Å². The van der Waals surface area contributed by atoms with E-state index in [9.17, 15) is 4.79 Å². The van der Waals surface area contributed by atoms with E-state index in [-0.39, 0.29) is 5.56 Å². The smallest absolute Gasteiger partial charge is 0.274 e. The molecule has 2 aromatic heterocycles. The minimum absolute atomic E-state index is 0.0663. The summed E-state index contributed by atoms with van der Waals surface area (Å²) in [6, 6.07) is 5.92. The topological polar surface area (TPSA) is 38.1 Å². The van der Waals surface area contributed by atoms with Crippen LogP contribution in [-0.4, -0.2) is 23.3 Å². The molecule has 0 spiro atoms. The lowest BCUT2D eigenvalue weighted by Crippen LogP contribution is -2.41. The van der Waals surface area contributed by atoms with Gasteiger partial charge in [-0.1, -0.05) is 26.7 Å². The first-order valence-electron chi connectivity index (χ1n) is 7.40. The third kappa shape index (κ3) is 2.84. The van der Waals surface area contributed by atoms with Gasteiger partial charge in [0.25, 0.3) is 5.56 Å². The van der Waals surface area contributed by atoms with E-state index in [2.05, 4.69) is 18.8 Å². The molecule has 0 saturated heterocycles. The molecule has 4 nitrogen and oxygen atoms in total. The largest absolute Gasteiger partial charge is 0.311 e. The maximum absolute atomic E-state index is 12.7. The Balaban J connectivity index is 2.59. The zero-order valence-corrected chi connectivity index (χ0v) is 12.6.